The molecule has 1 N–H and O–H groups in total. The van der Waals surface area contributed by atoms with Gasteiger partial charge in [-0.1, -0.05) is 48.9 Å². The first kappa shape index (κ1) is 19.0. The van der Waals surface area contributed by atoms with E-state index in [2.05, 4.69) is 10.5 Å². The number of rotatable bonds is 8. The lowest BCUT2D eigenvalue weighted by atomic mass is 10.1. The van der Waals surface area contributed by atoms with E-state index in [1.165, 1.54) is 0 Å². The van der Waals surface area contributed by atoms with Crippen molar-refractivity contribution in [3.8, 4) is 5.75 Å². The van der Waals surface area contributed by atoms with Gasteiger partial charge in [-0.3, -0.25) is 4.79 Å². The highest BCUT2D eigenvalue weighted by Gasteiger charge is 2.05. The second-order valence-electron chi connectivity index (χ2n) is 5.67. The molecule has 0 unspecified atom stereocenters. The van der Waals surface area contributed by atoms with Gasteiger partial charge >= 0.3 is 0 Å². The fourth-order valence-electron chi connectivity index (χ4n) is 2.35. The maximum absolute atomic E-state index is 11.9. The molecule has 0 aromatic heterocycles. The molecule has 0 fully saturated rings. The highest BCUT2D eigenvalue weighted by molar-refractivity contribution is 6.30. The maximum Gasteiger partial charge on any atom is 0.240 e. The van der Waals surface area contributed by atoms with Gasteiger partial charge in [0.2, 0.25) is 5.91 Å². The Morgan fingerprint density at radius 3 is 2.64 bits per heavy atom. The Kier molecular flexibility index (Phi) is 7.48. The minimum absolute atomic E-state index is 0.113. The molecule has 0 aliphatic rings. The van der Waals surface area contributed by atoms with Gasteiger partial charge in [-0.05, 0) is 49.1 Å². The zero-order valence-electron chi connectivity index (χ0n) is 14.6. The lowest BCUT2D eigenvalue weighted by Gasteiger charge is -2.09. The van der Waals surface area contributed by atoms with Crippen molar-refractivity contribution in [2.24, 2.45) is 5.10 Å². The van der Waals surface area contributed by atoms with E-state index in [-0.39, 0.29) is 5.91 Å². The standard InChI is InChI=1S/C20H23ClN2O2/c1-3-18(16-8-5-4-6-9-16)22-23-20(24)10-7-13-25-19-12-11-17(21)14-15(19)2/h4-6,8-9,11-12,14H,3,7,10,13H2,1-2H3,(H,23,24)/b22-18+. The third-order valence-corrected chi connectivity index (χ3v) is 3.94. The molecule has 2 aromatic carbocycles. The summed E-state index contributed by atoms with van der Waals surface area (Å²) < 4.78 is 5.68. The van der Waals surface area contributed by atoms with Crippen LogP contribution in [-0.4, -0.2) is 18.2 Å². The number of halogens is 1. The van der Waals surface area contributed by atoms with Crippen LogP contribution in [0.5, 0.6) is 5.75 Å². The van der Waals surface area contributed by atoms with Gasteiger partial charge in [0.05, 0.1) is 12.3 Å². The maximum atomic E-state index is 11.9. The van der Waals surface area contributed by atoms with Crippen molar-refractivity contribution >= 4 is 23.2 Å². The molecule has 0 bridgehead atoms. The molecule has 0 spiro atoms. The lowest BCUT2D eigenvalue weighted by Crippen LogP contribution is -2.20. The van der Waals surface area contributed by atoms with E-state index >= 15 is 0 Å². The molecule has 0 heterocycles. The highest BCUT2D eigenvalue weighted by atomic mass is 35.5. The second kappa shape index (κ2) is 9.84. The Balaban J connectivity index is 1.76. The van der Waals surface area contributed by atoms with Gasteiger partial charge in [0.25, 0.3) is 0 Å². The number of nitrogens with one attached hydrogen (secondary N) is 1. The van der Waals surface area contributed by atoms with E-state index in [1.54, 1.807) is 6.07 Å². The van der Waals surface area contributed by atoms with Crippen LogP contribution in [0.15, 0.2) is 53.6 Å². The molecule has 4 nitrogen and oxygen atoms in total. The number of hydrogen-bond acceptors (Lipinski definition) is 3. The fraction of sp³-hybridized carbons (Fsp3) is 0.300. The van der Waals surface area contributed by atoms with Crippen molar-refractivity contribution < 1.29 is 9.53 Å². The highest BCUT2D eigenvalue weighted by Crippen LogP contribution is 2.21. The minimum atomic E-state index is -0.113. The number of carbonyl (C=O) groups excluding carboxylic acids is 1. The molecule has 0 saturated heterocycles. The molecule has 0 aliphatic heterocycles. The summed E-state index contributed by atoms with van der Waals surface area (Å²) in [6.07, 6.45) is 1.74. The Bertz CT molecular complexity index is 730. The van der Waals surface area contributed by atoms with E-state index < -0.39 is 0 Å². The molecule has 0 atom stereocenters. The van der Waals surface area contributed by atoms with Crippen LogP contribution in [-0.2, 0) is 4.79 Å². The summed E-state index contributed by atoms with van der Waals surface area (Å²) in [5.41, 5.74) is 5.49. The quantitative estimate of drug-likeness (QED) is 0.421. The summed E-state index contributed by atoms with van der Waals surface area (Å²) in [6.45, 7) is 4.43. The van der Waals surface area contributed by atoms with Crippen molar-refractivity contribution in [3.05, 3.63) is 64.7 Å². The number of aryl methyl sites for hydroxylation is 1. The molecule has 0 aliphatic carbocycles. The van der Waals surface area contributed by atoms with Gasteiger partial charge in [-0.15, -0.1) is 0 Å². The monoisotopic (exact) mass is 358 g/mol. The molecule has 25 heavy (non-hydrogen) atoms. The average Bonchev–Trinajstić information content (AvgIpc) is 2.61. The molecule has 0 saturated carbocycles. The molecule has 5 heteroatoms. The average molecular weight is 359 g/mol. The topological polar surface area (TPSA) is 50.7 Å². The van der Waals surface area contributed by atoms with Crippen molar-refractivity contribution in [2.45, 2.75) is 33.1 Å². The summed E-state index contributed by atoms with van der Waals surface area (Å²) in [6, 6.07) is 15.3. The zero-order valence-corrected chi connectivity index (χ0v) is 15.3. The Labute approximate surface area is 153 Å². The summed E-state index contributed by atoms with van der Waals surface area (Å²) >= 11 is 5.92. The van der Waals surface area contributed by atoms with Gasteiger partial charge in [0.1, 0.15) is 5.75 Å². The van der Waals surface area contributed by atoms with Gasteiger partial charge < -0.3 is 4.74 Å². The van der Waals surface area contributed by atoms with Crippen LogP contribution in [0.25, 0.3) is 0 Å². The van der Waals surface area contributed by atoms with Crippen molar-refractivity contribution in [1.82, 2.24) is 5.43 Å². The smallest absolute Gasteiger partial charge is 0.240 e. The van der Waals surface area contributed by atoms with Crippen LogP contribution in [0.2, 0.25) is 5.02 Å². The van der Waals surface area contributed by atoms with Crippen molar-refractivity contribution in [1.29, 1.82) is 0 Å². The first-order valence-corrected chi connectivity index (χ1v) is 8.77. The first-order chi connectivity index (χ1) is 12.1. The third kappa shape index (κ3) is 6.24. The van der Waals surface area contributed by atoms with Crippen LogP contribution in [0.4, 0.5) is 0 Å². The third-order valence-electron chi connectivity index (χ3n) is 3.70. The van der Waals surface area contributed by atoms with Crippen LogP contribution in [0.3, 0.4) is 0 Å². The normalized spacial score (nSPS) is 11.2. The summed E-state index contributed by atoms with van der Waals surface area (Å²) in [5.74, 6) is 0.679. The number of benzene rings is 2. The zero-order chi connectivity index (χ0) is 18.1. The number of carbonyl (C=O) groups is 1. The SMILES string of the molecule is CC/C(=N\NC(=O)CCCOc1ccc(Cl)cc1C)c1ccccc1. The van der Waals surface area contributed by atoms with Gasteiger partial charge in [-0.25, -0.2) is 5.43 Å². The predicted octanol–water partition coefficient (Wildman–Crippen LogP) is 4.74. The molecule has 0 radical (unpaired) electrons. The molecular weight excluding hydrogens is 336 g/mol. The Morgan fingerprint density at radius 2 is 1.96 bits per heavy atom. The number of ether oxygens (including phenoxy) is 1. The Morgan fingerprint density at radius 1 is 1.20 bits per heavy atom. The number of nitrogens with zero attached hydrogens (tertiary/aromatic N) is 1. The van der Waals surface area contributed by atoms with E-state index in [1.807, 2.05) is 56.3 Å². The van der Waals surface area contributed by atoms with E-state index in [9.17, 15) is 4.79 Å². The summed E-state index contributed by atoms with van der Waals surface area (Å²) in [5, 5.41) is 4.92. The van der Waals surface area contributed by atoms with Crippen molar-refractivity contribution in [3.63, 3.8) is 0 Å². The second-order valence-corrected chi connectivity index (χ2v) is 6.11. The minimum Gasteiger partial charge on any atom is -0.493 e. The number of hydrogen-bond donors (Lipinski definition) is 1. The molecule has 132 valence electrons. The number of hydrazone groups is 1. The largest absolute Gasteiger partial charge is 0.493 e. The van der Waals surface area contributed by atoms with Gasteiger partial charge in [0.15, 0.2) is 0 Å². The molecule has 2 rings (SSSR count). The predicted molar refractivity (Wildman–Crippen MR) is 102 cm³/mol. The van der Waals surface area contributed by atoms with Crippen molar-refractivity contribution in [2.75, 3.05) is 6.61 Å². The van der Waals surface area contributed by atoms with Crippen LogP contribution in [0, 0.1) is 6.92 Å². The van der Waals surface area contributed by atoms with Crippen LogP contribution < -0.4 is 10.2 Å². The number of amides is 1. The van der Waals surface area contributed by atoms with E-state index in [0.717, 1.165) is 29.0 Å². The summed E-state index contributed by atoms with van der Waals surface area (Å²) in [4.78, 5) is 11.9. The van der Waals surface area contributed by atoms with Crippen LogP contribution >= 0.6 is 11.6 Å². The molecular formula is C20H23ClN2O2. The molecule has 2 aromatic rings. The summed E-state index contributed by atoms with van der Waals surface area (Å²) in [7, 11) is 0. The lowest BCUT2D eigenvalue weighted by molar-refractivity contribution is -0.121. The van der Waals surface area contributed by atoms with Crippen LogP contribution in [0.1, 0.15) is 37.3 Å². The Hall–Kier alpha value is -2.33. The van der Waals surface area contributed by atoms with Gasteiger partial charge in [-0.2, -0.15) is 5.10 Å². The van der Waals surface area contributed by atoms with E-state index in [4.69, 9.17) is 16.3 Å². The van der Waals surface area contributed by atoms with Gasteiger partial charge in [0, 0.05) is 11.4 Å². The fourth-order valence-corrected chi connectivity index (χ4v) is 2.58. The first-order valence-electron chi connectivity index (χ1n) is 8.40. The van der Waals surface area contributed by atoms with E-state index in [0.29, 0.717) is 24.5 Å². The molecule has 1 amide bonds.